The van der Waals surface area contributed by atoms with Gasteiger partial charge < -0.3 is 21.1 Å². The number of hydrogen-bond donors (Lipinski definition) is 3. The number of rotatable bonds is 7. The topological polar surface area (TPSA) is 119 Å². The third kappa shape index (κ3) is 5.25. The SMILES string of the molecule is Nc1cc(C(F)(F)F)ccc1Oc1ccc(CNC(=O)C2(NC(=O)c3cncnc3)CC2)cc1. The molecule has 1 fully saturated rings. The average molecular weight is 471 g/mol. The zero-order valence-electron chi connectivity index (χ0n) is 17.7. The third-order valence-corrected chi connectivity index (χ3v) is 5.30. The summed E-state index contributed by atoms with van der Waals surface area (Å²) in [5, 5.41) is 5.55. The number of ether oxygens (including phenoxy) is 1. The molecule has 1 heterocycles. The van der Waals surface area contributed by atoms with E-state index in [0.717, 1.165) is 23.8 Å². The predicted molar refractivity (Wildman–Crippen MR) is 116 cm³/mol. The van der Waals surface area contributed by atoms with Gasteiger partial charge in [0.15, 0.2) is 0 Å². The van der Waals surface area contributed by atoms with E-state index in [1.165, 1.54) is 18.7 Å². The van der Waals surface area contributed by atoms with Crippen LogP contribution < -0.4 is 21.1 Å². The smallest absolute Gasteiger partial charge is 0.416 e. The second kappa shape index (κ2) is 9.00. The highest BCUT2D eigenvalue weighted by Crippen LogP contribution is 2.37. The van der Waals surface area contributed by atoms with Gasteiger partial charge in [0.05, 0.1) is 16.8 Å². The maximum Gasteiger partial charge on any atom is 0.416 e. The van der Waals surface area contributed by atoms with E-state index in [-0.39, 0.29) is 29.5 Å². The molecule has 2 amide bonds. The zero-order valence-corrected chi connectivity index (χ0v) is 17.7. The van der Waals surface area contributed by atoms with Gasteiger partial charge in [-0.25, -0.2) is 9.97 Å². The first-order valence-electron chi connectivity index (χ1n) is 10.3. The molecule has 3 aromatic rings. The van der Waals surface area contributed by atoms with Gasteiger partial charge in [-0.05, 0) is 48.7 Å². The van der Waals surface area contributed by atoms with Crippen molar-refractivity contribution >= 4 is 17.5 Å². The van der Waals surface area contributed by atoms with E-state index in [1.807, 2.05) is 0 Å². The Morgan fingerprint density at radius 1 is 1.06 bits per heavy atom. The maximum atomic E-state index is 12.8. The second-order valence-electron chi connectivity index (χ2n) is 7.84. The molecule has 1 aliphatic rings. The van der Waals surface area contributed by atoms with Crippen molar-refractivity contribution in [1.82, 2.24) is 20.6 Å². The van der Waals surface area contributed by atoms with Gasteiger partial charge in [0.1, 0.15) is 23.4 Å². The van der Waals surface area contributed by atoms with Crippen LogP contribution in [0.4, 0.5) is 18.9 Å². The van der Waals surface area contributed by atoms with Gasteiger partial charge >= 0.3 is 6.18 Å². The Labute approximate surface area is 192 Å². The van der Waals surface area contributed by atoms with Crippen molar-refractivity contribution in [3.8, 4) is 11.5 Å². The van der Waals surface area contributed by atoms with Gasteiger partial charge in [-0.1, -0.05) is 12.1 Å². The molecule has 1 aliphatic carbocycles. The predicted octanol–water partition coefficient (Wildman–Crippen LogP) is 3.45. The molecule has 0 bridgehead atoms. The molecule has 34 heavy (non-hydrogen) atoms. The van der Waals surface area contributed by atoms with Crippen molar-refractivity contribution in [3.63, 3.8) is 0 Å². The largest absolute Gasteiger partial charge is 0.455 e. The molecule has 0 aliphatic heterocycles. The number of alkyl halides is 3. The fourth-order valence-electron chi connectivity index (χ4n) is 3.21. The number of anilines is 1. The van der Waals surface area contributed by atoms with E-state index in [2.05, 4.69) is 20.6 Å². The van der Waals surface area contributed by atoms with Crippen LogP contribution in [0.1, 0.15) is 34.3 Å². The van der Waals surface area contributed by atoms with Crippen LogP contribution in [0, 0.1) is 0 Å². The number of carbonyl (C=O) groups is 2. The fourth-order valence-corrected chi connectivity index (χ4v) is 3.21. The summed E-state index contributed by atoms with van der Waals surface area (Å²) in [6, 6.07) is 9.51. The third-order valence-electron chi connectivity index (χ3n) is 5.30. The van der Waals surface area contributed by atoms with Crippen LogP contribution in [0.2, 0.25) is 0 Å². The Morgan fingerprint density at radius 3 is 2.32 bits per heavy atom. The summed E-state index contributed by atoms with van der Waals surface area (Å²) in [5.41, 5.74) is 4.78. The number of benzene rings is 2. The summed E-state index contributed by atoms with van der Waals surface area (Å²) < 4.78 is 43.9. The van der Waals surface area contributed by atoms with Gasteiger partial charge in [-0.2, -0.15) is 13.2 Å². The monoisotopic (exact) mass is 471 g/mol. The molecule has 0 spiro atoms. The Kier molecular flexibility index (Phi) is 6.10. The number of hydrogen-bond acceptors (Lipinski definition) is 6. The summed E-state index contributed by atoms with van der Waals surface area (Å²) >= 11 is 0. The van der Waals surface area contributed by atoms with Crippen molar-refractivity contribution in [2.45, 2.75) is 31.1 Å². The van der Waals surface area contributed by atoms with Crippen LogP contribution in [-0.4, -0.2) is 27.3 Å². The van der Waals surface area contributed by atoms with Crippen LogP contribution in [0.3, 0.4) is 0 Å². The number of amides is 2. The van der Waals surface area contributed by atoms with Crippen molar-refractivity contribution in [2.24, 2.45) is 0 Å². The first-order chi connectivity index (χ1) is 16.2. The van der Waals surface area contributed by atoms with Crippen molar-refractivity contribution in [1.29, 1.82) is 0 Å². The first-order valence-corrected chi connectivity index (χ1v) is 10.3. The minimum absolute atomic E-state index is 0.101. The van der Waals surface area contributed by atoms with Gasteiger partial charge in [0.25, 0.3) is 5.91 Å². The van der Waals surface area contributed by atoms with Crippen LogP contribution in [0.25, 0.3) is 0 Å². The molecule has 0 saturated heterocycles. The minimum Gasteiger partial charge on any atom is -0.455 e. The highest BCUT2D eigenvalue weighted by atomic mass is 19.4. The molecule has 1 aromatic heterocycles. The maximum absolute atomic E-state index is 12.8. The lowest BCUT2D eigenvalue weighted by molar-refractivity contribution is -0.137. The molecule has 0 radical (unpaired) electrons. The van der Waals surface area contributed by atoms with Gasteiger partial charge in [-0.3, -0.25) is 9.59 Å². The molecule has 11 heteroatoms. The Morgan fingerprint density at radius 2 is 1.74 bits per heavy atom. The highest BCUT2D eigenvalue weighted by molar-refractivity contribution is 6.00. The lowest BCUT2D eigenvalue weighted by Crippen LogP contribution is -2.48. The molecule has 2 aromatic carbocycles. The molecular formula is C23H20F3N5O3. The highest BCUT2D eigenvalue weighted by Gasteiger charge is 2.51. The van der Waals surface area contributed by atoms with Crippen LogP contribution in [0.15, 0.2) is 61.2 Å². The van der Waals surface area contributed by atoms with Crippen LogP contribution in [-0.2, 0) is 17.5 Å². The molecule has 1 saturated carbocycles. The number of nitrogens with two attached hydrogens (primary N) is 1. The average Bonchev–Trinajstić information content (AvgIpc) is 3.60. The second-order valence-corrected chi connectivity index (χ2v) is 7.84. The number of nitrogen functional groups attached to an aromatic ring is 1. The Balaban J connectivity index is 1.32. The summed E-state index contributed by atoms with van der Waals surface area (Å²) in [4.78, 5) is 32.5. The molecule has 8 nitrogen and oxygen atoms in total. The Hall–Kier alpha value is -4.15. The van der Waals surface area contributed by atoms with E-state index >= 15 is 0 Å². The van der Waals surface area contributed by atoms with E-state index in [1.54, 1.807) is 24.3 Å². The summed E-state index contributed by atoms with van der Waals surface area (Å²) in [7, 11) is 0. The van der Waals surface area contributed by atoms with Crippen molar-refractivity contribution in [3.05, 3.63) is 77.9 Å². The number of nitrogens with zero attached hydrogens (tertiary/aromatic N) is 2. The van der Waals surface area contributed by atoms with Crippen LogP contribution in [0.5, 0.6) is 11.5 Å². The molecule has 0 atom stereocenters. The normalized spacial score (nSPS) is 14.2. The first kappa shape index (κ1) is 23.0. The molecule has 4 rings (SSSR count). The van der Waals surface area contributed by atoms with Crippen LogP contribution >= 0.6 is 0 Å². The summed E-state index contributed by atoms with van der Waals surface area (Å²) in [5.74, 6) is -0.241. The lowest BCUT2D eigenvalue weighted by Gasteiger charge is -2.17. The molecule has 176 valence electrons. The number of aromatic nitrogens is 2. The van der Waals surface area contributed by atoms with Crippen molar-refractivity contribution in [2.75, 3.05) is 5.73 Å². The number of carbonyl (C=O) groups excluding carboxylic acids is 2. The van der Waals surface area contributed by atoms with Crippen molar-refractivity contribution < 1.29 is 27.5 Å². The van der Waals surface area contributed by atoms with Gasteiger partial charge in [-0.15, -0.1) is 0 Å². The minimum atomic E-state index is -4.49. The Bertz CT molecular complexity index is 1200. The van der Waals surface area contributed by atoms with Gasteiger partial charge in [0, 0.05) is 18.9 Å². The van der Waals surface area contributed by atoms with E-state index in [4.69, 9.17) is 10.5 Å². The summed E-state index contributed by atoms with van der Waals surface area (Å²) in [6.45, 7) is 0.216. The lowest BCUT2D eigenvalue weighted by atomic mass is 10.1. The van der Waals surface area contributed by atoms with E-state index in [0.29, 0.717) is 18.6 Å². The van der Waals surface area contributed by atoms with E-state index in [9.17, 15) is 22.8 Å². The summed E-state index contributed by atoms with van der Waals surface area (Å²) in [6.07, 6.45) is 0.622. The fraction of sp³-hybridized carbons (Fsp3) is 0.217. The molecular weight excluding hydrogens is 451 g/mol. The number of halogens is 3. The number of nitrogens with one attached hydrogen (secondary N) is 2. The van der Waals surface area contributed by atoms with E-state index < -0.39 is 23.2 Å². The molecule has 0 unspecified atom stereocenters. The van der Waals surface area contributed by atoms with Gasteiger partial charge in [0.2, 0.25) is 5.91 Å². The zero-order chi connectivity index (χ0) is 24.3. The quantitative estimate of drug-likeness (QED) is 0.454. The molecule has 4 N–H and O–H groups in total. The standard InChI is InChI=1S/C23H20F3N5O3/c24-23(25,26)16-3-6-19(18(27)9-16)34-17-4-1-14(2-5-17)10-30-21(33)22(7-8-22)31-20(32)15-11-28-13-29-12-15/h1-6,9,11-13H,7-8,10,27H2,(H,30,33)(H,31,32).